The highest BCUT2D eigenvalue weighted by molar-refractivity contribution is 6.32. The van der Waals surface area contributed by atoms with Crippen LogP contribution < -0.4 is 0 Å². The van der Waals surface area contributed by atoms with Crippen LogP contribution in [0.3, 0.4) is 0 Å². The summed E-state index contributed by atoms with van der Waals surface area (Å²) in [5.41, 5.74) is 0. The van der Waals surface area contributed by atoms with Crippen LogP contribution in [0.4, 0.5) is 0 Å². The van der Waals surface area contributed by atoms with E-state index in [1.807, 2.05) is 0 Å². The average Bonchev–Trinajstić information content (AvgIpc) is 1.98. The fraction of sp³-hybridized carbons (Fsp3) is 1.00. The molecule has 0 aromatic heterocycles. The van der Waals surface area contributed by atoms with E-state index in [0.717, 1.165) is 17.8 Å². The second kappa shape index (κ2) is 6.05. The molecule has 0 saturated carbocycles. The first-order valence-electron chi connectivity index (χ1n) is 6.30. The van der Waals surface area contributed by atoms with Crippen molar-refractivity contribution in [3.8, 4) is 0 Å². The van der Waals surface area contributed by atoms with Gasteiger partial charge in [-0.1, -0.05) is 41.5 Å². The quantitative estimate of drug-likeness (QED) is 0.633. The van der Waals surface area contributed by atoms with Gasteiger partial charge in [-0.05, 0) is 36.6 Å². The van der Waals surface area contributed by atoms with E-state index in [4.69, 9.17) is 4.43 Å². The molecular formula is C13H30OSi. The van der Waals surface area contributed by atoms with Crippen molar-refractivity contribution in [3.05, 3.63) is 0 Å². The lowest BCUT2D eigenvalue weighted by molar-refractivity contribution is 0.182. The Morgan fingerprint density at radius 3 is 1.53 bits per heavy atom. The lowest BCUT2D eigenvalue weighted by Gasteiger charge is -2.40. The van der Waals surface area contributed by atoms with Gasteiger partial charge in [0, 0.05) is 6.10 Å². The van der Waals surface area contributed by atoms with Crippen molar-refractivity contribution in [2.75, 3.05) is 0 Å². The minimum atomic E-state index is -0.441. The number of rotatable bonds is 6. The predicted octanol–water partition coefficient (Wildman–Crippen LogP) is 3.62. The van der Waals surface area contributed by atoms with Gasteiger partial charge >= 0.3 is 0 Å². The van der Waals surface area contributed by atoms with Crippen LogP contribution >= 0.6 is 0 Å². The average molecular weight is 230 g/mol. The van der Waals surface area contributed by atoms with Crippen LogP contribution in [-0.2, 0) is 4.43 Å². The standard InChI is InChI=1S/C13H30OSi/c1-9(2)12(10(3)4)13(7,8)15-14-11(5)6/h9-12H,15H2,1-8H3. The first-order valence-corrected chi connectivity index (χ1v) is 7.58. The summed E-state index contributed by atoms with van der Waals surface area (Å²) in [6.07, 6.45) is 0.399. The molecule has 0 fully saturated rings. The van der Waals surface area contributed by atoms with Crippen molar-refractivity contribution in [1.29, 1.82) is 0 Å². The molecule has 0 rings (SSSR count). The third kappa shape index (κ3) is 5.16. The maximum atomic E-state index is 5.93. The van der Waals surface area contributed by atoms with E-state index in [1.165, 1.54) is 0 Å². The molecule has 15 heavy (non-hydrogen) atoms. The van der Waals surface area contributed by atoms with E-state index >= 15 is 0 Å². The molecule has 0 spiro atoms. The normalized spacial score (nSPS) is 14.4. The molecule has 0 unspecified atom stereocenters. The Balaban J connectivity index is 4.49. The minimum absolute atomic E-state index is 0.399. The van der Waals surface area contributed by atoms with Gasteiger partial charge in [0.2, 0.25) is 0 Å². The summed E-state index contributed by atoms with van der Waals surface area (Å²) in [4.78, 5) is 0. The fourth-order valence-corrected chi connectivity index (χ4v) is 4.95. The molecule has 0 aromatic rings. The Kier molecular flexibility index (Phi) is 6.12. The summed E-state index contributed by atoms with van der Waals surface area (Å²) < 4.78 is 5.93. The molecule has 0 aliphatic heterocycles. The van der Waals surface area contributed by atoms with E-state index in [9.17, 15) is 0 Å². The van der Waals surface area contributed by atoms with Crippen molar-refractivity contribution in [3.63, 3.8) is 0 Å². The van der Waals surface area contributed by atoms with Crippen LogP contribution in [0.25, 0.3) is 0 Å². The van der Waals surface area contributed by atoms with E-state index in [-0.39, 0.29) is 0 Å². The van der Waals surface area contributed by atoms with Gasteiger partial charge in [0.25, 0.3) is 0 Å². The maximum Gasteiger partial charge on any atom is 0.167 e. The van der Waals surface area contributed by atoms with Gasteiger partial charge in [-0.15, -0.1) is 0 Å². The van der Waals surface area contributed by atoms with E-state index in [1.54, 1.807) is 0 Å². The molecule has 0 heterocycles. The highest BCUT2D eigenvalue weighted by Crippen LogP contribution is 2.43. The Hall–Kier alpha value is 0.177. The topological polar surface area (TPSA) is 9.23 Å². The van der Waals surface area contributed by atoms with Crippen molar-refractivity contribution >= 4 is 9.76 Å². The SMILES string of the molecule is CC(C)O[SiH2]C(C)(C)C(C(C)C)C(C)C. The monoisotopic (exact) mass is 230 g/mol. The van der Waals surface area contributed by atoms with Crippen molar-refractivity contribution in [2.45, 2.75) is 66.5 Å². The van der Waals surface area contributed by atoms with Crippen molar-refractivity contribution in [2.24, 2.45) is 17.8 Å². The van der Waals surface area contributed by atoms with E-state index < -0.39 is 9.76 Å². The Bertz CT molecular complexity index is 165. The zero-order chi connectivity index (χ0) is 12.2. The van der Waals surface area contributed by atoms with Crippen molar-refractivity contribution in [1.82, 2.24) is 0 Å². The third-order valence-corrected chi connectivity index (χ3v) is 5.18. The molecule has 0 atom stereocenters. The van der Waals surface area contributed by atoms with Crippen LogP contribution in [0.1, 0.15) is 55.4 Å². The van der Waals surface area contributed by atoms with Gasteiger partial charge in [0.15, 0.2) is 9.76 Å². The van der Waals surface area contributed by atoms with Crippen LogP contribution in [0.5, 0.6) is 0 Å². The van der Waals surface area contributed by atoms with E-state index in [0.29, 0.717) is 11.1 Å². The molecule has 1 nitrogen and oxygen atoms in total. The Morgan fingerprint density at radius 1 is 0.867 bits per heavy atom. The first kappa shape index (κ1) is 15.2. The molecule has 92 valence electrons. The lowest BCUT2D eigenvalue weighted by Crippen LogP contribution is -2.33. The highest BCUT2D eigenvalue weighted by Gasteiger charge is 2.34. The molecule has 0 aliphatic carbocycles. The Morgan fingerprint density at radius 2 is 1.27 bits per heavy atom. The smallest absolute Gasteiger partial charge is 0.167 e. The van der Waals surface area contributed by atoms with Gasteiger partial charge in [-0.2, -0.15) is 0 Å². The minimum Gasteiger partial charge on any atom is -0.421 e. The molecule has 2 heteroatoms. The number of hydrogen-bond donors (Lipinski definition) is 0. The summed E-state index contributed by atoms with van der Waals surface area (Å²) in [6.45, 7) is 18.4. The predicted molar refractivity (Wildman–Crippen MR) is 72.0 cm³/mol. The van der Waals surface area contributed by atoms with Crippen LogP contribution in [-0.4, -0.2) is 15.9 Å². The molecular weight excluding hydrogens is 200 g/mol. The lowest BCUT2D eigenvalue weighted by atomic mass is 9.77. The second-order valence-corrected chi connectivity index (χ2v) is 8.81. The second-order valence-electron chi connectivity index (χ2n) is 6.36. The van der Waals surface area contributed by atoms with Gasteiger partial charge in [-0.25, -0.2) is 0 Å². The molecule has 0 amide bonds. The molecule has 0 aliphatic rings. The molecule has 0 saturated heterocycles. The van der Waals surface area contributed by atoms with Crippen LogP contribution in [0, 0.1) is 17.8 Å². The van der Waals surface area contributed by atoms with E-state index in [2.05, 4.69) is 55.4 Å². The number of hydrogen-bond acceptors (Lipinski definition) is 1. The first-order chi connectivity index (χ1) is 6.68. The maximum absolute atomic E-state index is 5.93. The summed E-state index contributed by atoms with van der Waals surface area (Å²) in [5, 5.41) is 0.409. The summed E-state index contributed by atoms with van der Waals surface area (Å²) in [6, 6.07) is 0. The molecule has 0 N–H and O–H groups in total. The summed E-state index contributed by atoms with van der Waals surface area (Å²) >= 11 is 0. The van der Waals surface area contributed by atoms with Crippen LogP contribution in [0.2, 0.25) is 5.04 Å². The van der Waals surface area contributed by atoms with Gasteiger partial charge in [0.05, 0.1) is 0 Å². The largest absolute Gasteiger partial charge is 0.421 e. The fourth-order valence-electron chi connectivity index (χ4n) is 3.05. The molecule has 0 bridgehead atoms. The van der Waals surface area contributed by atoms with Gasteiger partial charge < -0.3 is 4.43 Å². The zero-order valence-electron chi connectivity index (χ0n) is 11.9. The van der Waals surface area contributed by atoms with Gasteiger partial charge in [0.1, 0.15) is 0 Å². The molecule has 0 radical (unpaired) electrons. The van der Waals surface area contributed by atoms with Gasteiger partial charge in [-0.3, -0.25) is 0 Å². The molecule has 0 aromatic carbocycles. The Labute approximate surface area is 98.9 Å². The summed E-state index contributed by atoms with van der Waals surface area (Å²) in [5.74, 6) is 2.29. The highest BCUT2D eigenvalue weighted by atomic mass is 28.2. The van der Waals surface area contributed by atoms with Crippen molar-refractivity contribution < 1.29 is 4.43 Å². The third-order valence-electron chi connectivity index (χ3n) is 3.13. The summed E-state index contributed by atoms with van der Waals surface area (Å²) in [7, 11) is -0.441. The zero-order valence-corrected chi connectivity index (χ0v) is 13.3. The van der Waals surface area contributed by atoms with Crippen LogP contribution in [0.15, 0.2) is 0 Å².